The van der Waals surface area contributed by atoms with Gasteiger partial charge in [0.05, 0.1) is 10.5 Å². The topological polar surface area (TPSA) is 72.2 Å². The maximum Gasteiger partial charge on any atom is 0.419 e. The molecule has 4 nitrogen and oxygen atoms in total. The monoisotopic (exact) mass is 340 g/mol. The molecule has 0 atom stereocenters. The van der Waals surface area contributed by atoms with Crippen molar-refractivity contribution in [1.82, 2.24) is 4.72 Å². The summed E-state index contributed by atoms with van der Waals surface area (Å²) < 4.78 is 77.9. The second-order valence-electron chi connectivity index (χ2n) is 5.44. The minimum Gasteiger partial charge on any atom is -0.329 e. The van der Waals surface area contributed by atoms with Crippen molar-refractivity contribution in [2.75, 3.05) is 6.54 Å². The van der Waals surface area contributed by atoms with Gasteiger partial charge < -0.3 is 5.73 Å². The molecule has 0 saturated heterocycles. The van der Waals surface area contributed by atoms with Crippen LogP contribution in [0.3, 0.4) is 0 Å². The first-order valence-electron chi connectivity index (χ1n) is 6.70. The Labute approximate surface area is 125 Å². The van der Waals surface area contributed by atoms with E-state index < -0.39 is 38.0 Å². The summed E-state index contributed by atoms with van der Waals surface area (Å²) in [6.07, 6.45) is -2.16. The lowest BCUT2D eigenvalue weighted by Crippen LogP contribution is -2.51. The number of rotatable bonds is 4. The fourth-order valence-corrected chi connectivity index (χ4v) is 4.12. The van der Waals surface area contributed by atoms with Crippen LogP contribution in [-0.2, 0) is 16.2 Å². The highest BCUT2D eigenvalue weighted by Crippen LogP contribution is 2.33. The molecule has 0 spiro atoms. The Morgan fingerprint density at radius 3 is 2.27 bits per heavy atom. The van der Waals surface area contributed by atoms with Crippen molar-refractivity contribution >= 4 is 10.0 Å². The largest absolute Gasteiger partial charge is 0.419 e. The second-order valence-corrected chi connectivity index (χ2v) is 7.12. The average Bonchev–Trinajstić information content (AvgIpc) is 2.85. The Bertz CT molecular complexity index is 652. The van der Waals surface area contributed by atoms with Gasteiger partial charge in [0.15, 0.2) is 0 Å². The molecule has 1 saturated carbocycles. The van der Waals surface area contributed by atoms with Gasteiger partial charge in [0.1, 0.15) is 5.82 Å². The van der Waals surface area contributed by atoms with Gasteiger partial charge in [0.2, 0.25) is 10.0 Å². The number of sulfonamides is 1. The van der Waals surface area contributed by atoms with Crippen LogP contribution in [0, 0.1) is 5.82 Å². The molecular weight excluding hydrogens is 324 g/mol. The summed E-state index contributed by atoms with van der Waals surface area (Å²) in [6, 6.07) is 1.55. The van der Waals surface area contributed by atoms with Crippen molar-refractivity contribution in [3.05, 3.63) is 29.6 Å². The molecule has 1 aromatic rings. The van der Waals surface area contributed by atoms with Crippen molar-refractivity contribution in [3.8, 4) is 0 Å². The van der Waals surface area contributed by atoms with Gasteiger partial charge >= 0.3 is 6.18 Å². The number of hydrogen-bond acceptors (Lipinski definition) is 3. The number of halogens is 4. The van der Waals surface area contributed by atoms with E-state index in [4.69, 9.17) is 5.73 Å². The van der Waals surface area contributed by atoms with Crippen molar-refractivity contribution in [3.63, 3.8) is 0 Å². The Hall–Kier alpha value is -1.19. The fraction of sp³-hybridized carbons (Fsp3) is 0.538. The summed E-state index contributed by atoms with van der Waals surface area (Å²) in [6.45, 7) is 0.0787. The Balaban J connectivity index is 2.32. The molecule has 1 fully saturated rings. The molecule has 0 bridgehead atoms. The third-order valence-electron chi connectivity index (χ3n) is 3.86. The highest BCUT2D eigenvalue weighted by atomic mass is 32.2. The zero-order chi connectivity index (χ0) is 16.6. The predicted molar refractivity (Wildman–Crippen MR) is 72.0 cm³/mol. The molecule has 0 aromatic heterocycles. The van der Waals surface area contributed by atoms with Gasteiger partial charge in [-0.25, -0.2) is 17.5 Å². The molecule has 9 heteroatoms. The van der Waals surface area contributed by atoms with Crippen molar-refractivity contribution in [2.24, 2.45) is 5.73 Å². The first-order chi connectivity index (χ1) is 10.1. The Morgan fingerprint density at radius 2 is 1.82 bits per heavy atom. The van der Waals surface area contributed by atoms with Crippen molar-refractivity contribution in [2.45, 2.75) is 42.3 Å². The molecule has 0 unspecified atom stereocenters. The molecular formula is C13H16F4N2O2S. The third-order valence-corrected chi connectivity index (χ3v) is 5.43. The molecule has 1 aliphatic rings. The van der Waals surface area contributed by atoms with Gasteiger partial charge in [-0.15, -0.1) is 0 Å². The standard InChI is InChI=1S/C13H16F4N2O2S/c14-11-7-9(3-4-10(11)13(15,16)17)22(20,21)19-12(8-18)5-1-2-6-12/h3-4,7,19H,1-2,5-6,8,18H2. The van der Waals surface area contributed by atoms with E-state index in [0.717, 1.165) is 18.9 Å². The Kier molecular flexibility index (Phi) is 4.51. The maximum absolute atomic E-state index is 13.5. The fourth-order valence-electron chi connectivity index (χ4n) is 2.64. The second kappa shape index (κ2) is 5.78. The van der Waals surface area contributed by atoms with E-state index in [1.165, 1.54) is 0 Å². The molecule has 0 heterocycles. The van der Waals surface area contributed by atoms with Crippen LogP contribution < -0.4 is 10.5 Å². The number of nitrogens with two attached hydrogens (primary N) is 1. The first kappa shape index (κ1) is 17.2. The molecule has 3 N–H and O–H groups in total. The highest BCUT2D eigenvalue weighted by Gasteiger charge is 2.38. The molecule has 0 amide bonds. The van der Waals surface area contributed by atoms with E-state index >= 15 is 0 Å². The Morgan fingerprint density at radius 1 is 1.23 bits per heavy atom. The molecule has 1 aliphatic carbocycles. The number of nitrogens with one attached hydrogen (secondary N) is 1. The number of alkyl halides is 3. The van der Waals surface area contributed by atoms with Crippen molar-refractivity contribution < 1.29 is 26.0 Å². The maximum atomic E-state index is 13.5. The number of benzene rings is 1. The molecule has 124 valence electrons. The number of hydrogen-bond donors (Lipinski definition) is 2. The van der Waals surface area contributed by atoms with Gasteiger partial charge in [0.25, 0.3) is 0 Å². The van der Waals surface area contributed by atoms with Gasteiger partial charge in [-0.05, 0) is 31.0 Å². The van der Waals surface area contributed by atoms with Crippen LogP contribution in [-0.4, -0.2) is 20.5 Å². The van der Waals surface area contributed by atoms with Gasteiger partial charge in [-0.2, -0.15) is 13.2 Å². The van der Waals surface area contributed by atoms with E-state index in [9.17, 15) is 26.0 Å². The van der Waals surface area contributed by atoms with Crippen molar-refractivity contribution in [1.29, 1.82) is 0 Å². The quantitative estimate of drug-likeness (QED) is 0.827. The zero-order valence-electron chi connectivity index (χ0n) is 11.6. The van der Waals surface area contributed by atoms with Gasteiger partial charge in [0, 0.05) is 12.1 Å². The van der Waals surface area contributed by atoms with Crippen LogP contribution in [0.25, 0.3) is 0 Å². The third kappa shape index (κ3) is 3.41. The van der Waals surface area contributed by atoms with E-state index in [2.05, 4.69) is 4.72 Å². The van der Waals surface area contributed by atoms with Crippen LogP contribution in [0.1, 0.15) is 31.2 Å². The van der Waals surface area contributed by atoms with Crippen LogP contribution in [0.15, 0.2) is 23.1 Å². The van der Waals surface area contributed by atoms with E-state index in [0.29, 0.717) is 25.0 Å². The molecule has 22 heavy (non-hydrogen) atoms. The summed E-state index contributed by atoms with van der Waals surface area (Å²) >= 11 is 0. The molecule has 0 radical (unpaired) electrons. The summed E-state index contributed by atoms with van der Waals surface area (Å²) in [7, 11) is -4.14. The summed E-state index contributed by atoms with van der Waals surface area (Å²) in [5.41, 5.74) is 3.31. The van der Waals surface area contributed by atoms with Crippen LogP contribution in [0.2, 0.25) is 0 Å². The smallest absolute Gasteiger partial charge is 0.329 e. The molecule has 2 rings (SSSR count). The summed E-state index contributed by atoms with van der Waals surface area (Å²) in [4.78, 5) is -0.544. The minimum atomic E-state index is -4.87. The van der Waals surface area contributed by atoms with Gasteiger partial charge in [-0.3, -0.25) is 0 Å². The zero-order valence-corrected chi connectivity index (χ0v) is 12.4. The normalized spacial score (nSPS) is 18.6. The molecule has 1 aromatic carbocycles. The SMILES string of the molecule is NCC1(NS(=O)(=O)c2ccc(C(F)(F)F)c(F)c2)CCCC1. The van der Waals surface area contributed by atoms with Crippen LogP contribution >= 0.6 is 0 Å². The van der Waals surface area contributed by atoms with E-state index in [1.54, 1.807) is 0 Å². The lowest BCUT2D eigenvalue weighted by Gasteiger charge is -2.28. The summed E-state index contributed by atoms with van der Waals surface area (Å²) in [5.74, 6) is -1.62. The summed E-state index contributed by atoms with van der Waals surface area (Å²) in [5, 5.41) is 0. The van der Waals surface area contributed by atoms with Gasteiger partial charge in [-0.1, -0.05) is 12.8 Å². The average molecular weight is 340 g/mol. The molecule has 0 aliphatic heterocycles. The van der Waals surface area contributed by atoms with E-state index in [1.807, 2.05) is 0 Å². The highest BCUT2D eigenvalue weighted by molar-refractivity contribution is 7.89. The lowest BCUT2D eigenvalue weighted by atomic mass is 10.0. The lowest BCUT2D eigenvalue weighted by molar-refractivity contribution is -0.140. The van der Waals surface area contributed by atoms with E-state index in [-0.39, 0.29) is 6.54 Å². The minimum absolute atomic E-state index is 0.0787. The first-order valence-corrected chi connectivity index (χ1v) is 8.19. The predicted octanol–water partition coefficient (Wildman–Crippen LogP) is 2.39. The van der Waals surface area contributed by atoms with Crippen LogP contribution in [0.5, 0.6) is 0 Å². The van der Waals surface area contributed by atoms with Crippen LogP contribution in [0.4, 0.5) is 17.6 Å².